The van der Waals surface area contributed by atoms with E-state index in [0.29, 0.717) is 6.04 Å². The monoisotopic (exact) mass is 242 g/mol. The molecule has 2 aliphatic carbocycles. The van der Waals surface area contributed by atoms with Gasteiger partial charge < -0.3 is 15.4 Å². The van der Waals surface area contributed by atoms with E-state index < -0.39 is 0 Å². The van der Waals surface area contributed by atoms with Crippen LogP contribution in [0.25, 0.3) is 0 Å². The Hall–Kier alpha value is -0.350. The van der Waals surface area contributed by atoms with Gasteiger partial charge in [0.05, 0.1) is 6.61 Å². The highest BCUT2D eigenvalue weighted by Gasteiger charge is 2.20. The maximum Gasteiger partial charge on any atom is 0.166 e. The van der Waals surface area contributed by atoms with E-state index >= 15 is 0 Å². The first-order valence-corrected chi connectivity index (χ1v) is 6.87. The Morgan fingerprint density at radius 2 is 1.94 bits per heavy atom. The fourth-order valence-electron chi connectivity index (χ4n) is 2.08. The van der Waals surface area contributed by atoms with Gasteiger partial charge >= 0.3 is 0 Å². The zero-order chi connectivity index (χ0) is 11.2. The number of hydrogen-bond acceptors (Lipinski definition) is 2. The smallest absolute Gasteiger partial charge is 0.166 e. The third kappa shape index (κ3) is 4.66. The summed E-state index contributed by atoms with van der Waals surface area (Å²) in [6.45, 7) is 2.53. The molecular weight excluding hydrogens is 220 g/mol. The zero-order valence-corrected chi connectivity index (χ0v) is 10.7. The summed E-state index contributed by atoms with van der Waals surface area (Å²) in [4.78, 5) is 0. The lowest BCUT2D eigenvalue weighted by Gasteiger charge is -2.15. The summed E-state index contributed by atoms with van der Waals surface area (Å²) in [5.74, 6) is 0.851. The summed E-state index contributed by atoms with van der Waals surface area (Å²) in [5.41, 5.74) is 0. The first kappa shape index (κ1) is 12.1. The molecule has 0 bridgehead atoms. The molecule has 0 spiro atoms. The van der Waals surface area contributed by atoms with Crippen molar-refractivity contribution < 1.29 is 4.74 Å². The highest BCUT2D eigenvalue weighted by Crippen LogP contribution is 2.28. The Labute approximate surface area is 103 Å². The molecule has 0 amide bonds. The van der Waals surface area contributed by atoms with E-state index in [2.05, 4.69) is 10.6 Å². The van der Waals surface area contributed by atoms with Crippen LogP contribution in [0.3, 0.4) is 0 Å². The van der Waals surface area contributed by atoms with Gasteiger partial charge in [-0.15, -0.1) is 0 Å². The molecule has 2 rings (SSSR count). The third-order valence-electron chi connectivity index (χ3n) is 3.27. The second-order valence-corrected chi connectivity index (χ2v) is 5.31. The Morgan fingerprint density at radius 3 is 2.62 bits per heavy atom. The van der Waals surface area contributed by atoms with E-state index in [-0.39, 0.29) is 0 Å². The van der Waals surface area contributed by atoms with Crippen molar-refractivity contribution in [3.05, 3.63) is 0 Å². The second kappa shape index (κ2) is 6.40. The highest BCUT2D eigenvalue weighted by molar-refractivity contribution is 7.80. The molecule has 0 aliphatic heterocycles. The van der Waals surface area contributed by atoms with Crippen molar-refractivity contribution in [1.29, 1.82) is 0 Å². The Kier molecular flexibility index (Phi) is 4.85. The van der Waals surface area contributed by atoms with Crippen LogP contribution in [0, 0.1) is 5.92 Å². The van der Waals surface area contributed by atoms with Crippen LogP contribution in [0.4, 0.5) is 0 Å². The number of rotatable bonds is 6. The van der Waals surface area contributed by atoms with E-state index in [4.69, 9.17) is 17.0 Å². The summed E-state index contributed by atoms with van der Waals surface area (Å²) in [7, 11) is 0. The van der Waals surface area contributed by atoms with Gasteiger partial charge in [-0.2, -0.15) is 0 Å². The normalized spacial score (nSPS) is 21.0. The lowest BCUT2D eigenvalue weighted by atomic mass is 10.3. The summed E-state index contributed by atoms with van der Waals surface area (Å²) in [6, 6.07) is 0.604. The average molecular weight is 242 g/mol. The SMILES string of the molecule is S=C(NCCOCC1CC1)NC1CCCC1. The van der Waals surface area contributed by atoms with Crippen molar-refractivity contribution in [2.75, 3.05) is 19.8 Å². The Morgan fingerprint density at radius 1 is 1.19 bits per heavy atom. The van der Waals surface area contributed by atoms with Gasteiger partial charge in [-0.1, -0.05) is 12.8 Å². The molecule has 0 aromatic heterocycles. The minimum Gasteiger partial charge on any atom is -0.379 e. The molecule has 0 atom stereocenters. The maximum atomic E-state index is 5.53. The number of ether oxygens (including phenoxy) is 1. The molecule has 0 aromatic carbocycles. The summed E-state index contributed by atoms with van der Waals surface area (Å²) in [5, 5.41) is 7.35. The molecular formula is C12H22N2OS. The van der Waals surface area contributed by atoms with E-state index in [1.807, 2.05) is 0 Å². The van der Waals surface area contributed by atoms with Gasteiger partial charge in [-0.3, -0.25) is 0 Å². The average Bonchev–Trinajstić information content (AvgIpc) is 2.95. The summed E-state index contributed by atoms with van der Waals surface area (Å²) < 4.78 is 5.53. The molecule has 2 aliphatic rings. The highest BCUT2D eigenvalue weighted by atomic mass is 32.1. The van der Waals surface area contributed by atoms with Crippen molar-refractivity contribution in [2.45, 2.75) is 44.6 Å². The standard InChI is InChI=1S/C12H22N2OS/c16-12(14-11-3-1-2-4-11)13-7-8-15-9-10-5-6-10/h10-11H,1-9H2,(H2,13,14,16). The minimum atomic E-state index is 0.604. The molecule has 2 fully saturated rings. The van der Waals surface area contributed by atoms with Gasteiger partial charge in [-0.05, 0) is 43.8 Å². The Balaban J connectivity index is 1.43. The van der Waals surface area contributed by atoms with Gasteiger partial charge in [0.2, 0.25) is 0 Å². The predicted molar refractivity (Wildman–Crippen MR) is 69.5 cm³/mol. The lowest BCUT2D eigenvalue weighted by molar-refractivity contribution is 0.129. The quantitative estimate of drug-likeness (QED) is 0.550. The summed E-state index contributed by atoms with van der Waals surface area (Å²) in [6.07, 6.45) is 7.92. The number of thiocarbonyl (C=S) groups is 1. The van der Waals surface area contributed by atoms with Crippen LogP contribution in [-0.4, -0.2) is 30.9 Å². The van der Waals surface area contributed by atoms with E-state index in [9.17, 15) is 0 Å². The number of nitrogens with one attached hydrogen (secondary N) is 2. The van der Waals surface area contributed by atoms with E-state index in [1.54, 1.807) is 0 Å². The molecule has 3 nitrogen and oxygen atoms in total. The molecule has 16 heavy (non-hydrogen) atoms. The molecule has 0 aromatic rings. The number of hydrogen-bond donors (Lipinski definition) is 2. The van der Waals surface area contributed by atoms with Crippen molar-refractivity contribution in [2.24, 2.45) is 5.92 Å². The van der Waals surface area contributed by atoms with Crippen LogP contribution in [0.1, 0.15) is 38.5 Å². The largest absolute Gasteiger partial charge is 0.379 e. The Bertz CT molecular complexity index is 225. The van der Waals surface area contributed by atoms with Gasteiger partial charge in [0.15, 0.2) is 5.11 Å². The van der Waals surface area contributed by atoms with Crippen LogP contribution < -0.4 is 10.6 Å². The van der Waals surface area contributed by atoms with Gasteiger partial charge in [0, 0.05) is 19.2 Å². The van der Waals surface area contributed by atoms with Crippen molar-refractivity contribution in [1.82, 2.24) is 10.6 Å². The van der Waals surface area contributed by atoms with E-state index in [0.717, 1.165) is 30.8 Å². The first-order chi connectivity index (χ1) is 7.84. The fourth-order valence-corrected chi connectivity index (χ4v) is 2.35. The van der Waals surface area contributed by atoms with E-state index in [1.165, 1.54) is 38.5 Å². The molecule has 2 N–H and O–H groups in total. The molecule has 92 valence electrons. The van der Waals surface area contributed by atoms with Crippen LogP contribution in [0.15, 0.2) is 0 Å². The zero-order valence-electron chi connectivity index (χ0n) is 9.84. The van der Waals surface area contributed by atoms with Crippen LogP contribution >= 0.6 is 12.2 Å². The third-order valence-corrected chi connectivity index (χ3v) is 3.54. The molecule has 2 saturated carbocycles. The molecule has 4 heteroatoms. The molecule has 0 heterocycles. The molecule has 0 unspecified atom stereocenters. The predicted octanol–water partition coefficient (Wildman–Crippen LogP) is 1.82. The first-order valence-electron chi connectivity index (χ1n) is 6.46. The van der Waals surface area contributed by atoms with Crippen molar-refractivity contribution in [3.63, 3.8) is 0 Å². The van der Waals surface area contributed by atoms with Gasteiger partial charge in [-0.25, -0.2) is 0 Å². The van der Waals surface area contributed by atoms with Gasteiger partial charge in [0.1, 0.15) is 0 Å². The maximum absolute atomic E-state index is 5.53. The topological polar surface area (TPSA) is 33.3 Å². The lowest BCUT2D eigenvalue weighted by Crippen LogP contribution is -2.41. The fraction of sp³-hybridized carbons (Fsp3) is 0.917. The van der Waals surface area contributed by atoms with Gasteiger partial charge in [0.25, 0.3) is 0 Å². The van der Waals surface area contributed by atoms with Crippen LogP contribution in [0.2, 0.25) is 0 Å². The molecule has 0 saturated heterocycles. The van der Waals surface area contributed by atoms with Crippen molar-refractivity contribution in [3.8, 4) is 0 Å². The van der Waals surface area contributed by atoms with Crippen LogP contribution in [0.5, 0.6) is 0 Å². The minimum absolute atomic E-state index is 0.604. The van der Waals surface area contributed by atoms with Crippen LogP contribution in [-0.2, 0) is 4.74 Å². The van der Waals surface area contributed by atoms with Crippen molar-refractivity contribution >= 4 is 17.3 Å². The molecule has 0 radical (unpaired) electrons. The second-order valence-electron chi connectivity index (χ2n) is 4.90. The summed E-state index contributed by atoms with van der Waals surface area (Å²) >= 11 is 5.23.